The average Bonchev–Trinajstić information content (AvgIpc) is 3.34. The van der Waals surface area contributed by atoms with Crippen LogP contribution in [-0.2, 0) is 11.3 Å². The van der Waals surface area contributed by atoms with E-state index in [9.17, 15) is 4.79 Å². The van der Waals surface area contributed by atoms with E-state index in [1.165, 1.54) is 0 Å². The van der Waals surface area contributed by atoms with Gasteiger partial charge in [-0.1, -0.05) is 35.5 Å². The van der Waals surface area contributed by atoms with E-state index in [2.05, 4.69) is 20.4 Å². The summed E-state index contributed by atoms with van der Waals surface area (Å²) in [5.41, 5.74) is 0.888. The Balaban J connectivity index is 1.43. The molecule has 1 aliphatic rings. The van der Waals surface area contributed by atoms with Crippen LogP contribution in [0.1, 0.15) is 12.3 Å². The van der Waals surface area contributed by atoms with Gasteiger partial charge in [0.1, 0.15) is 6.54 Å². The van der Waals surface area contributed by atoms with E-state index in [1.54, 1.807) is 19.1 Å². The van der Waals surface area contributed by atoms with E-state index in [4.69, 9.17) is 9.26 Å². The van der Waals surface area contributed by atoms with E-state index >= 15 is 0 Å². The van der Waals surface area contributed by atoms with Crippen molar-refractivity contribution >= 4 is 6.03 Å². The fourth-order valence-electron chi connectivity index (χ4n) is 3.17. The largest absolute Gasteiger partial charge is 0.383 e. The molecule has 0 saturated carbocycles. The molecular formula is C19H27N5O3. The maximum atomic E-state index is 12.3. The van der Waals surface area contributed by atoms with Crippen LogP contribution in [0.4, 0.5) is 4.79 Å². The summed E-state index contributed by atoms with van der Waals surface area (Å²) in [6, 6.07) is 9.48. The monoisotopic (exact) mass is 373 g/mol. The minimum absolute atomic E-state index is 0.134. The Bertz CT molecular complexity index is 721. The number of nitrogens with zero attached hydrogens (tertiary/aromatic N) is 4. The smallest absolute Gasteiger partial charge is 0.317 e. The molecule has 1 aliphatic heterocycles. The van der Waals surface area contributed by atoms with Crippen molar-refractivity contribution < 1.29 is 14.1 Å². The maximum Gasteiger partial charge on any atom is 0.317 e. The van der Waals surface area contributed by atoms with Gasteiger partial charge in [0.05, 0.1) is 6.61 Å². The van der Waals surface area contributed by atoms with Gasteiger partial charge in [0.2, 0.25) is 11.7 Å². The van der Waals surface area contributed by atoms with Crippen LogP contribution in [0.15, 0.2) is 34.9 Å². The lowest BCUT2D eigenvalue weighted by Crippen LogP contribution is -2.39. The SMILES string of the molecule is COCCN1CC[C@H](CNC(=O)N(C)Cc2nc(-c3ccccc3)no2)C1. The molecule has 2 amide bonds. The summed E-state index contributed by atoms with van der Waals surface area (Å²) in [5, 5.41) is 6.98. The predicted octanol–water partition coefficient (Wildman–Crippen LogP) is 1.85. The molecule has 0 radical (unpaired) electrons. The van der Waals surface area contributed by atoms with E-state index < -0.39 is 0 Å². The third kappa shape index (κ3) is 5.51. The number of rotatable bonds is 8. The number of carbonyl (C=O) groups excluding carboxylic acids is 1. The third-order valence-corrected chi connectivity index (χ3v) is 4.74. The Hall–Kier alpha value is -2.45. The summed E-state index contributed by atoms with van der Waals surface area (Å²) in [4.78, 5) is 20.6. The number of ether oxygens (including phenoxy) is 1. The molecule has 0 bridgehead atoms. The highest BCUT2D eigenvalue weighted by Gasteiger charge is 2.23. The highest BCUT2D eigenvalue weighted by atomic mass is 16.5. The normalized spacial score (nSPS) is 17.2. The van der Waals surface area contributed by atoms with Gasteiger partial charge in [0.15, 0.2) is 0 Å². The molecule has 3 rings (SSSR count). The Morgan fingerprint density at radius 2 is 2.22 bits per heavy atom. The molecule has 0 aliphatic carbocycles. The number of aromatic nitrogens is 2. The topological polar surface area (TPSA) is 83.7 Å². The lowest BCUT2D eigenvalue weighted by molar-refractivity contribution is 0.158. The third-order valence-electron chi connectivity index (χ3n) is 4.74. The predicted molar refractivity (Wildman–Crippen MR) is 101 cm³/mol. The van der Waals surface area contributed by atoms with Gasteiger partial charge >= 0.3 is 6.03 Å². The van der Waals surface area contributed by atoms with Crippen molar-refractivity contribution in [3.8, 4) is 11.4 Å². The maximum absolute atomic E-state index is 12.3. The summed E-state index contributed by atoms with van der Waals surface area (Å²) >= 11 is 0. The van der Waals surface area contributed by atoms with Gasteiger partial charge in [-0.2, -0.15) is 4.98 Å². The van der Waals surface area contributed by atoms with E-state index in [-0.39, 0.29) is 12.6 Å². The molecule has 0 unspecified atom stereocenters. The van der Waals surface area contributed by atoms with Crippen LogP contribution in [0.3, 0.4) is 0 Å². The molecule has 2 heterocycles. The number of amides is 2. The number of nitrogens with one attached hydrogen (secondary N) is 1. The zero-order valence-corrected chi connectivity index (χ0v) is 15.9. The molecule has 146 valence electrons. The van der Waals surface area contributed by atoms with Crippen molar-refractivity contribution in [1.82, 2.24) is 25.3 Å². The molecule has 8 heteroatoms. The second-order valence-electron chi connectivity index (χ2n) is 6.87. The molecule has 1 aromatic heterocycles. The van der Waals surface area contributed by atoms with Crippen LogP contribution < -0.4 is 5.32 Å². The van der Waals surface area contributed by atoms with Gasteiger partial charge in [-0.3, -0.25) is 0 Å². The van der Waals surface area contributed by atoms with Crippen LogP contribution in [0.2, 0.25) is 0 Å². The number of carbonyl (C=O) groups is 1. The van der Waals surface area contributed by atoms with E-state index in [1.807, 2.05) is 30.3 Å². The van der Waals surface area contributed by atoms with Gasteiger partial charge in [-0.15, -0.1) is 0 Å². The van der Waals surface area contributed by atoms with E-state index in [0.717, 1.165) is 38.2 Å². The first-order valence-corrected chi connectivity index (χ1v) is 9.24. The molecule has 2 aromatic rings. The molecule has 1 saturated heterocycles. The first-order chi connectivity index (χ1) is 13.2. The zero-order chi connectivity index (χ0) is 19.1. The first kappa shape index (κ1) is 19.3. The quantitative estimate of drug-likeness (QED) is 0.760. The first-order valence-electron chi connectivity index (χ1n) is 9.24. The van der Waals surface area contributed by atoms with Crippen molar-refractivity contribution in [1.29, 1.82) is 0 Å². The number of likely N-dealkylation sites (tertiary alicyclic amines) is 1. The van der Waals surface area contributed by atoms with Crippen LogP contribution in [0.25, 0.3) is 11.4 Å². The van der Waals surface area contributed by atoms with Crippen molar-refractivity contribution in [3.63, 3.8) is 0 Å². The zero-order valence-electron chi connectivity index (χ0n) is 15.9. The minimum Gasteiger partial charge on any atom is -0.383 e. The lowest BCUT2D eigenvalue weighted by atomic mass is 10.1. The molecular weight excluding hydrogens is 346 g/mol. The van der Waals surface area contributed by atoms with Crippen molar-refractivity contribution in [2.75, 3.05) is 46.9 Å². The number of urea groups is 1. The Kier molecular flexibility index (Phi) is 6.78. The Labute approximate surface area is 159 Å². The molecule has 1 N–H and O–H groups in total. The Morgan fingerprint density at radius 1 is 1.41 bits per heavy atom. The Morgan fingerprint density at radius 3 is 3.00 bits per heavy atom. The van der Waals surface area contributed by atoms with Crippen molar-refractivity contribution in [3.05, 3.63) is 36.2 Å². The summed E-state index contributed by atoms with van der Waals surface area (Å²) in [5.74, 6) is 1.42. The highest BCUT2D eigenvalue weighted by molar-refractivity contribution is 5.73. The van der Waals surface area contributed by atoms with Crippen LogP contribution >= 0.6 is 0 Å². The molecule has 8 nitrogen and oxygen atoms in total. The van der Waals surface area contributed by atoms with Crippen molar-refractivity contribution in [2.45, 2.75) is 13.0 Å². The summed E-state index contributed by atoms with van der Waals surface area (Å²) in [6.07, 6.45) is 1.10. The molecule has 0 spiro atoms. The fourth-order valence-corrected chi connectivity index (χ4v) is 3.17. The number of methoxy groups -OCH3 is 1. The second kappa shape index (κ2) is 9.48. The molecule has 1 fully saturated rings. The van der Waals surface area contributed by atoms with Gasteiger partial charge in [-0.25, -0.2) is 4.79 Å². The average molecular weight is 373 g/mol. The summed E-state index contributed by atoms with van der Waals surface area (Å²) < 4.78 is 10.4. The van der Waals surface area contributed by atoms with Crippen LogP contribution in [-0.4, -0.2) is 72.9 Å². The summed E-state index contributed by atoms with van der Waals surface area (Å²) in [7, 11) is 3.44. The molecule has 1 aromatic carbocycles. The molecule has 27 heavy (non-hydrogen) atoms. The van der Waals surface area contributed by atoms with Crippen LogP contribution in [0.5, 0.6) is 0 Å². The van der Waals surface area contributed by atoms with Gasteiger partial charge < -0.3 is 24.4 Å². The summed E-state index contributed by atoms with van der Waals surface area (Å²) in [6.45, 7) is 4.70. The van der Waals surface area contributed by atoms with Gasteiger partial charge in [-0.05, 0) is 18.9 Å². The van der Waals surface area contributed by atoms with Gasteiger partial charge in [0.25, 0.3) is 0 Å². The van der Waals surface area contributed by atoms with Crippen molar-refractivity contribution in [2.24, 2.45) is 5.92 Å². The molecule has 1 atom stereocenters. The lowest BCUT2D eigenvalue weighted by Gasteiger charge is -2.18. The standard InChI is InChI=1S/C19H27N5O3/c1-23(14-17-21-18(22-27-17)16-6-4-3-5-7-16)19(25)20-12-15-8-9-24(13-15)10-11-26-2/h3-7,15H,8-14H2,1-2H3,(H,20,25)/t15-/m1/s1. The number of hydrogen-bond donors (Lipinski definition) is 1. The van der Waals surface area contributed by atoms with Crippen LogP contribution in [0, 0.1) is 5.92 Å². The second-order valence-corrected chi connectivity index (χ2v) is 6.87. The minimum atomic E-state index is -0.134. The number of benzene rings is 1. The van der Waals surface area contributed by atoms with E-state index in [0.29, 0.717) is 24.2 Å². The number of hydrogen-bond acceptors (Lipinski definition) is 6. The fraction of sp³-hybridized carbons (Fsp3) is 0.526. The highest BCUT2D eigenvalue weighted by Crippen LogP contribution is 2.16. The van der Waals surface area contributed by atoms with Gasteiger partial charge in [0, 0.05) is 39.4 Å².